The van der Waals surface area contributed by atoms with Gasteiger partial charge in [0, 0.05) is 0 Å². The standard InChI is InChI=1S/C20H24N2O6S/c1-4-14-5-7-15(8-6-14)13(2)22-19(23)12-28-20(24)17-11-16(29(21,25)26)9-10-18(17)27-3/h5-11,13H,4,12H2,1-3H3,(H,22,23)(H2,21,25,26)/t13-/m0/s1. The summed E-state index contributed by atoms with van der Waals surface area (Å²) in [6.07, 6.45) is 0.924. The Morgan fingerprint density at radius 2 is 1.79 bits per heavy atom. The Kier molecular flexibility index (Phi) is 7.35. The second-order valence-corrected chi connectivity index (χ2v) is 7.93. The van der Waals surface area contributed by atoms with Gasteiger partial charge >= 0.3 is 5.97 Å². The zero-order valence-corrected chi connectivity index (χ0v) is 17.3. The number of amides is 1. The highest BCUT2D eigenvalue weighted by Gasteiger charge is 2.20. The van der Waals surface area contributed by atoms with E-state index in [1.165, 1.54) is 24.8 Å². The third-order valence-corrected chi connectivity index (χ3v) is 5.23. The molecule has 2 aromatic carbocycles. The molecule has 0 saturated carbocycles. The van der Waals surface area contributed by atoms with E-state index in [0.29, 0.717) is 0 Å². The van der Waals surface area contributed by atoms with Crippen LogP contribution in [0, 0.1) is 0 Å². The van der Waals surface area contributed by atoms with Gasteiger partial charge in [0.1, 0.15) is 11.3 Å². The molecule has 0 unspecified atom stereocenters. The molecule has 3 N–H and O–H groups in total. The Morgan fingerprint density at radius 3 is 2.34 bits per heavy atom. The van der Waals surface area contributed by atoms with Crippen LogP contribution in [0.4, 0.5) is 0 Å². The SMILES string of the molecule is CCc1ccc([C@H](C)NC(=O)COC(=O)c2cc(S(N)(=O)=O)ccc2OC)cc1. The first-order valence-electron chi connectivity index (χ1n) is 8.91. The smallest absolute Gasteiger partial charge is 0.342 e. The first-order chi connectivity index (χ1) is 13.7. The lowest BCUT2D eigenvalue weighted by atomic mass is 10.1. The van der Waals surface area contributed by atoms with Crippen LogP contribution in [0.2, 0.25) is 0 Å². The summed E-state index contributed by atoms with van der Waals surface area (Å²) < 4.78 is 33.0. The number of primary sulfonamides is 1. The minimum Gasteiger partial charge on any atom is -0.496 e. The van der Waals surface area contributed by atoms with Gasteiger partial charge in [-0.2, -0.15) is 0 Å². The van der Waals surface area contributed by atoms with Crippen LogP contribution >= 0.6 is 0 Å². The van der Waals surface area contributed by atoms with Gasteiger partial charge in [-0.3, -0.25) is 4.79 Å². The van der Waals surface area contributed by atoms with E-state index in [4.69, 9.17) is 14.6 Å². The molecule has 0 radical (unpaired) electrons. The van der Waals surface area contributed by atoms with Crippen molar-refractivity contribution < 1.29 is 27.5 Å². The Hall–Kier alpha value is -2.91. The second kappa shape index (κ2) is 9.53. The third-order valence-electron chi connectivity index (χ3n) is 4.32. The maximum absolute atomic E-state index is 12.3. The molecule has 0 aromatic heterocycles. The highest BCUT2D eigenvalue weighted by atomic mass is 32.2. The summed E-state index contributed by atoms with van der Waals surface area (Å²) in [6.45, 7) is 3.35. The van der Waals surface area contributed by atoms with Gasteiger partial charge in [0.15, 0.2) is 6.61 Å². The number of nitrogens with two attached hydrogens (primary N) is 1. The van der Waals surface area contributed by atoms with Crippen LogP contribution < -0.4 is 15.2 Å². The summed E-state index contributed by atoms with van der Waals surface area (Å²) in [5.74, 6) is -1.29. The van der Waals surface area contributed by atoms with Crippen LogP contribution in [0.5, 0.6) is 5.75 Å². The molecular formula is C20H24N2O6S. The van der Waals surface area contributed by atoms with Gasteiger partial charge in [-0.25, -0.2) is 18.4 Å². The molecule has 29 heavy (non-hydrogen) atoms. The minimum absolute atomic E-state index is 0.104. The molecule has 8 nitrogen and oxygen atoms in total. The molecule has 0 aliphatic rings. The molecule has 0 heterocycles. The summed E-state index contributed by atoms with van der Waals surface area (Å²) >= 11 is 0. The quantitative estimate of drug-likeness (QED) is 0.629. The predicted molar refractivity (Wildman–Crippen MR) is 107 cm³/mol. The van der Waals surface area contributed by atoms with Crippen LogP contribution in [0.1, 0.15) is 41.4 Å². The zero-order valence-electron chi connectivity index (χ0n) is 16.5. The van der Waals surface area contributed by atoms with Gasteiger partial charge in [0.2, 0.25) is 10.0 Å². The summed E-state index contributed by atoms with van der Waals surface area (Å²) in [4.78, 5) is 24.2. The maximum Gasteiger partial charge on any atom is 0.342 e. The van der Waals surface area contributed by atoms with Gasteiger partial charge in [0.05, 0.1) is 18.0 Å². The molecule has 9 heteroatoms. The Labute approximate surface area is 170 Å². The van der Waals surface area contributed by atoms with Crippen molar-refractivity contribution in [1.82, 2.24) is 5.32 Å². The molecule has 0 bridgehead atoms. The number of sulfonamides is 1. The summed E-state index contributed by atoms with van der Waals surface area (Å²) in [5.41, 5.74) is 1.97. The molecule has 0 saturated heterocycles. The van der Waals surface area contributed by atoms with Gasteiger partial charge in [-0.1, -0.05) is 31.2 Å². The van der Waals surface area contributed by atoms with Crippen molar-refractivity contribution in [3.8, 4) is 5.75 Å². The van der Waals surface area contributed by atoms with E-state index >= 15 is 0 Å². The molecule has 1 amide bonds. The van der Waals surface area contributed by atoms with E-state index in [9.17, 15) is 18.0 Å². The average molecular weight is 420 g/mol. The summed E-state index contributed by atoms with van der Waals surface area (Å²) in [6, 6.07) is 11.1. The number of rotatable bonds is 8. The lowest BCUT2D eigenvalue weighted by Crippen LogP contribution is -2.31. The predicted octanol–water partition coefficient (Wildman–Crippen LogP) is 1.94. The first kappa shape index (κ1) is 22.4. The van der Waals surface area contributed by atoms with Gasteiger partial charge in [-0.05, 0) is 42.7 Å². The van der Waals surface area contributed by atoms with Gasteiger partial charge in [0.25, 0.3) is 5.91 Å². The van der Waals surface area contributed by atoms with Crippen molar-refractivity contribution >= 4 is 21.9 Å². The number of hydrogen-bond acceptors (Lipinski definition) is 6. The monoisotopic (exact) mass is 420 g/mol. The Bertz CT molecular complexity index is 987. The fourth-order valence-corrected chi connectivity index (χ4v) is 3.18. The van der Waals surface area contributed by atoms with E-state index in [1.807, 2.05) is 31.2 Å². The second-order valence-electron chi connectivity index (χ2n) is 6.37. The zero-order chi connectivity index (χ0) is 21.6. The van der Waals surface area contributed by atoms with Gasteiger partial charge in [-0.15, -0.1) is 0 Å². The topological polar surface area (TPSA) is 125 Å². The highest BCUT2D eigenvalue weighted by molar-refractivity contribution is 7.89. The molecule has 0 spiro atoms. The lowest BCUT2D eigenvalue weighted by Gasteiger charge is -2.15. The highest BCUT2D eigenvalue weighted by Crippen LogP contribution is 2.23. The first-order valence-corrected chi connectivity index (χ1v) is 10.5. The molecule has 2 rings (SSSR count). The number of carbonyl (C=O) groups excluding carboxylic acids is 2. The number of nitrogens with one attached hydrogen (secondary N) is 1. The lowest BCUT2D eigenvalue weighted by molar-refractivity contribution is -0.124. The van der Waals surface area contributed by atoms with Crippen LogP contribution in [-0.4, -0.2) is 34.0 Å². The molecule has 2 aromatic rings. The molecule has 156 valence electrons. The fraction of sp³-hybridized carbons (Fsp3) is 0.300. The van der Waals surface area contributed by atoms with Crippen LogP contribution in [-0.2, 0) is 26.0 Å². The molecule has 0 aliphatic heterocycles. The fourth-order valence-electron chi connectivity index (χ4n) is 2.64. The minimum atomic E-state index is -4.01. The number of ether oxygens (including phenoxy) is 2. The number of esters is 1. The van der Waals surface area contributed by atoms with Crippen molar-refractivity contribution in [1.29, 1.82) is 0 Å². The van der Waals surface area contributed by atoms with E-state index < -0.39 is 28.5 Å². The molecule has 1 atom stereocenters. The molecule has 0 aliphatic carbocycles. The van der Waals surface area contributed by atoms with Gasteiger partial charge < -0.3 is 14.8 Å². The molecular weight excluding hydrogens is 396 g/mol. The molecule has 0 fully saturated rings. The van der Waals surface area contributed by atoms with Crippen molar-refractivity contribution in [2.24, 2.45) is 5.14 Å². The van der Waals surface area contributed by atoms with E-state index in [-0.39, 0.29) is 22.3 Å². The number of carbonyl (C=O) groups is 2. The van der Waals surface area contributed by atoms with E-state index in [1.54, 1.807) is 0 Å². The van der Waals surface area contributed by atoms with Crippen molar-refractivity contribution in [2.75, 3.05) is 13.7 Å². The van der Waals surface area contributed by atoms with Crippen molar-refractivity contribution in [2.45, 2.75) is 31.2 Å². The van der Waals surface area contributed by atoms with Crippen molar-refractivity contribution in [3.63, 3.8) is 0 Å². The van der Waals surface area contributed by atoms with Crippen LogP contribution in [0.15, 0.2) is 47.4 Å². The maximum atomic E-state index is 12.3. The van der Waals surface area contributed by atoms with Crippen LogP contribution in [0.25, 0.3) is 0 Å². The number of benzene rings is 2. The summed E-state index contributed by atoms with van der Waals surface area (Å²) in [5, 5.41) is 7.82. The average Bonchev–Trinajstić information content (AvgIpc) is 2.70. The largest absolute Gasteiger partial charge is 0.496 e. The van der Waals surface area contributed by atoms with Crippen molar-refractivity contribution in [3.05, 3.63) is 59.2 Å². The Balaban J connectivity index is 2.01. The number of aryl methyl sites for hydroxylation is 1. The van der Waals surface area contributed by atoms with E-state index in [2.05, 4.69) is 12.2 Å². The normalized spacial score (nSPS) is 12.1. The number of methoxy groups -OCH3 is 1. The third kappa shape index (κ3) is 6.03. The van der Waals surface area contributed by atoms with Crippen LogP contribution in [0.3, 0.4) is 0 Å². The number of hydrogen-bond donors (Lipinski definition) is 2. The summed E-state index contributed by atoms with van der Waals surface area (Å²) in [7, 11) is -2.69. The Morgan fingerprint density at radius 1 is 1.14 bits per heavy atom. The van der Waals surface area contributed by atoms with E-state index in [0.717, 1.165) is 18.1 Å².